The van der Waals surface area contributed by atoms with Crippen LogP contribution >= 0.6 is 0 Å². The number of esters is 1. The minimum absolute atomic E-state index is 0.191. The van der Waals surface area contributed by atoms with Gasteiger partial charge >= 0.3 is 12.1 Å². The molecule has 0 unspecified atom stereocenters. The highest BCUT2D eigenvalue weighted by Gasteiger charge is 2.22. The van der Waals surface area contributed by atoms with Crippen molar-refractivity contribution in [1.29, 1.82) is 0 Å². The number of hydrogen-bond donors (Lipinski definition) is 1. The fourth-order valence-corrected chi connectivity index (χ4v) is 3.74. The standard InChI is InChI=1S/C24H27N3O5/c1-6-25-24(30)32-13-19-26-17-12-15(4)20(23(29)31-7-2)16(5)21(17)22(28)27(19)18-11-9-8-10-14(18)3/h8-12H,6-7,13H2,1-5H3,(H,25,30). The molecule has 0 radical (unpaired) electrons. The maximum atomic E-state index is 13.8. The molecule has 0 atom stereocenters. The third-order valence-corrected chi connectivity index (χ3v) is 5.17. The lowest BCUT2D eigenvalue weighted by Gasteiger charge is -2.18. The Bertz CT molecular complexity index is 1250. The molecule has 0 saturated heterocycles. The molecule has 0 aliphatic heterocycles. The van der Waals surface area contributed by atoms with E-state index in [1.807, 2.05) is 25.1 Å². The van der Waals surface area contributed by atoms with Gasteiger partial charge in [-0.25, -0.2) is 14.6 Å². The van der Waals surface area contributed by atoms with E-state index in [4.69, 9.17) is 9.47 Å². The molecule has 0 saturated carbocycles. The number of nitrogens with one attached hydrogen (secondary N) is 1. The molecule has 1 aromatic heterocycles. The lowest BCUT2D eigenvalue weighted by Crippen LogP contribution is -2.29. The summed E-state index contributed by atoms with van der Waals surface area (Å²) >= 11 is 0. The summed E-state index contributed by atoms with van der Waals surface area (Å²) in [7, 11) is 0. The summed E-state index contributed by atoms with van der Waals surface area (Å²) in [5.41, 5.74) is 3.09. The Labute approximate surface area is 186 Å². The van der Waals surface area contributed by atoms with Crippen LogP contribution in [0.15, 0.2) is 35.1 Å². The Balaban J connectivity index is 2.31. The number of rotatable bonds is 6. The Hall–Kier alpha value is -3.68. The van der Waals surface area contributed by atoms with Crippen molar-refractivity contribution in [1.82, 2.24) is 14.9 Å². The van der Waals surface area contributed by atoms with Crippen LogP contribution in [0.4, 0.5) is 4.79 Å². The quantitative estimate of drug-likeness (QED) is 0.590. The van der Waals surface area contributed by atoms with Crippen LogP contribution in [-0.4, -0.2) is 34.8 Å². The molecule has 168 valence electrons. The molecule has 1 N–H and O–H groups in total. The van der Waals surface area contributed by atoms with Gasteiger partial charge in [-0.15, -0.1) is 0 Å². The number of fused-ring (bicyclic) bond motifs is 1. The number of amides is 1. The van der Waals surface area contributed by atoms with Gasteiger partial charge in [-0.2, -0.15) is 0 Å². The topological polar surface area (TPSA) is 99.5 Å². The van der Waals surface area contributed by atoms with E-state index in [-0.39, 0.29) is 24.6 Å². The molecule has 0 fully saturated rings. The van der Waals surface area contributed by atoms with Crippen LogP contribution in [-0.2, 0) is 16.1 Å². The summed E-state index contributed by atoms with van der Waals surface area (Å²) in [6.07, 6.45) is -0.594. The molecule has 8 nitrogen and oxygen atoms in total. The molecule has 0 aliphatic carbocycles. The number of aromatic nitrogens is 2. The number of hydrogen-bond acceptors (Lipinski definition) is 6. The normalized spacial score (nSPS) is 10.8. The van der Waals surface area contributed by atoms with Crippen molar-refractivity contribution >= 4 is 23.0 Å². The van der Waals surface area contributed by atoms with Gasteiger partial charge in [0.15, 0.2) is 12.4 Å². The molecule has 8 heteroatoms. The number of ether oxygens (including phenoxy) is 2. The van der Waals surface area contributed by atoms with Gasteiger partial charge in [0, 0.05) is 6.54 Å². The van der Waals surface area contributed by atoms with Gasteiger partial charge in [0.05, 0.1) is 28.8 Å². The minimum Gasteiger partial charge on any atom is -0.462 e. The minimum atomic E-state index is -0.594. The van der Waals surface area contributed by atoms with E-state index in [1.54, 1.807) is 39.8 Å². The smallest absolute Gasteiger partial charge is 0.407 e. The molecule has 0 aliphatic rings. The third kappa shape index (κ3) is 4.34. The summed E-state index contributed by atoms with van der Waals surface area (Å²) in [5.74, 6) is -0.194. The summed E-state index contributed by atoms with van der Waals surface area (Å²) in [6.45, 7) is 9.36. The second-order valence-electron chi connectivity index (χ2n) is 7.37. The largest absolute Gasteiger partial charge is 0.462 e. The second-order valence-corrected chi connectivity index (χ2v) is 7.37. The first-order valence-electron chi connectivity index (χ1n) is 10.5. The van der Waals surface area contributed by atoms with Crippen LogP contribution in [0.5, 0.6) is 0 Å². The van der Waals surface area contributed by atoms with Crippen molar-refractivity contribution in [3.05, 3.63) is 68.8 Å². The number of aryl methyl sites for hydroxylation is 3. The number of carbonyl (C=O) groups is 2. The number of carbonyl (C=O) groups excluding carboxylic acids is 2. The van der Waals surface area contributed by atoms with Crippen LogP contribution < -0.4 is 10.9 Å². The van der Waals surface area contributed by atoms with E-state index in [2.05, 4.69) is 10.3 Å². The first-order chi connectivity index (χ1) is 15.3. The fourth-order valence-electron chi connectivity index (χ4n) is 3.74. The van der Waals surface area contributed by atoms with Crippen molar-refractivity contribution in [3.63, 3.8) is 0 Å². The highest BCUT2D eigenvalue weighted by Crippen LogP contribution is 2.25. The van der Waals surface area contributed by atoms with Crippen LogP contribution in [0.2, 0.25) is 0 Å². The highest BCUT2D eigenvalue weighted by molar-refractivity contribution is 5.99. The molecule has 0 bridgehead atoms. The number of nitrogens with zero attached hydrogens (tertiary/aromatic N) is 2. The zero-order chi connectivity index (χ0) is 23.4. The monoisotopic (exact) mass is 437 g/mol. The van der Waals surface area contributed by atoms with Crippen LogP contribution in [0.25, 0.3) is 16.6 Å². The maximum absolute atomic E-state index is 13.8. The summed E-state index contributed by atoms with van der Waals surface area (Å²) in [6, 6.07) is 9.06. The lowest BCUT2D eigenvalue weighted by atomic mass is 9.98. The fraction of sp³-hybridized carbons (Fsp3) is 0.333. The molecule has 2 aromatic carbocycles. The van der Waals surface area contributed by atoms with Gasteiger partial charge in [0.2, 0.25) is 0 Å². The van der Waals surface area contributed by atoms with Gasteiger partial charge in [-0.3, -0.25) is 9.36 Å². The molecule has 32 heavy (non-hydrogen) atoms. The number of benzene rings is 2. The van der Waals surface area contributed by atoms with Crippen molar-refractivity contribution in [3.8, 4) is 5.69 Å². The van der Waals surface area contributed by atoms with Crippen molar-refractivity contribution in [2.45, 2.75) is 41.2 Å². The van der Waals surface area contributed by atoms with Gasteiger partial charge in [-0.1, -0.05) is 18.2 Å². The first kappa shape index (κ1) is 23.0. The van der Waals surface area contributed by atoms with Crippen molar-refractivity contribution in [2.75, 3.05) is 13.2 Å². The van der Waals surface area contributed by atoms with E-state index in [0.29, 0.717) is 39.8 Å². The van der Waals surface area contributed by atoms with Crippen molar-refractivity contribution < 1.29 is 19.1 Å². The summed E-state index contributed by atoms with van der Waals surface area (Å²) < 4.78 is 11.9. The Morgan fingerprint density at radius 2 is 1.78 bits per heavy atom. The zero-order valence-electron chi connectivity index (χ0n) is 18.9. The zero-order valence-corrected chi connectivity index (χ0v) is 18.9. The predicted molar refractivity (Wildman–Crippen MR) is 121 cm³/mol. The third-order valence-electron chi connectivity index (χ3n) is 5.17. The molecular formula is C24H27N3O5. The van der Waals surface area contributed by atoms with E-state index in [0.717, 1.165) is 5.56 Å². The predicted octanol–water partition coefficient (Wildman–Crippen LogP) is 3.73. The summed E-state index contributed by atoms with van der Waals surface area (Å²) in [4.78, 5) is 42.8. The Morgan fingerprint density at radius 1 is 1.06 bits per heavy atom. The molecule has 3 aromatic rings. The van der Waals surface area contributed by atoms with Gasteiger partial charge in [0.1, 0.15) is 0 Å². The molecule has 3 rings (SSSR count). The van der Waals surface area contributed by atoms with Gasteiger partial charge < -0.3 is 14.8 Å². The van der Waals surface area contributed by atoms with Crippen LogP contribution in [0.1, 0.15) is 46.7 Å². The summed E-state index contributed by atoms with van der Waals surface area (Å²) in [5, 5.41) is 2.88. The Morgan fingerprint density at radius 3 is 2.44 bits per heavy atom. The second kappa shape index (κ2) is 9.64. The SMILES string of the molecule is CCNC(=O)OCc1nc2cc(C)c(C(=O)OCC)c(C)c2c(=O)n1-c1ccccc1C. The van der Waals surface area contributed by atoms with Crippen LogP contribution in [0, 0.1) is 20.8 Å². The molecule has 1 heterocycles. The number of para-hydroxylation sites is 1. The van der Waals surface area contributed by atoms with Crippen LogP contribution in [0.3, 0.4) is 0 Å². The molecule has 1 amide bonds. The molecular weight excluding hydrogens is 410 g/mol. The first-order valence-corrected chi connectivity index (χ1v) is 10.5. The van der Waals surface area contributed by atoms with Gasteiger partial charge in [0.25, 0.3) is 5.56 Å². The Kier molecular flexibility index (Phi) is 6.92. The molecule has 0 spiro atoms. The highest BCUT2D eigenvalue weighted by atomic mass is 16.5. The number of alkyl carbamates (subject to hydrolysis) is 1. The van der Waals surface area contributed by atoms with E-state index in [9.17, 15) is 14.4 Å². The van der Waals surface area contributed by atoms with Crippen molar-refractivity contribution in [2.24, 2.45) is 0 Å². The van der Waals surface area contributed by atoms with E-state index < -0.39 is 12.1 Å². The maximum Gasteiger partial charge on any atom is 0.407 e. The van der Waals surface area contributed by atoms with E-state index >= 15 is 0 Å². The average Bonchev–Trinajstić information content (AvgIpc) is 2.73. The van der Waals surface area contributed by atoms with E-state index in [1.165, 1.54) is 4.57 Å². The average molecular weight is 437 g/mol. The van der Waals surface area contributed by atoms with Gasteiger partial charge in [-0.05, 0) is 63.4 Å². The lowest BCUT2D eigenvalue weighted by molar-refractivity contribution is 0.0525.